The summed E-state index contributed by atoms with van der Waals surface area (Å²) in [5, 5.41) is 13.2. The van der Waals surface area contributed by atoms with E-state index in [4.69, 9.17) is 4.74 Å². The Morgan fingerprint density at radius 3 is 2.78 bits per heavy atom. The molecule has 1 saturated heterocycles. The maximum Gasteiger partial charge on any atom is 0.271 e. The number of aliphatic hydroxyl groups is 1. The van der Waals surface area contributed by atoms with E-state index in [0.717, 1.165) is 43.0 Å². The van der Waals surface area contributed by atoms with Crippen molar-refractivity contribution in [2.75, 3.05) is 20.3 Å². The topological polar surface area (TPSA) is 129 Å². The minimum absolute atomic E-state index is 0.0176. The van der Waals surface area contributed by atoms with Gasteiger partial charge in [0, 0.05) is 29.8 Å². The number of hydrogen-bond donors (Lipinski definition) is 3. The number of carbonyl (C=O) groups excluding carboxylic acids is 4. The van der Waals surface area contributed by atoms with Gasteiger partial charge in [-0.05, 0) is 62.1 Å². The third-order valence-electron chi connectivity index (χ3n) is 8.56. The average molecular weight is 510 g/mol. The number of Topliss-reactive ketones (excluding diaryl/α,β-unsaturated/α-hetero) is 2. The number of rotatable bonds is 8. The van der Waals surface area contributed by atoms with E-state index in [-0.39, 0.29) is 41.8 Å². The van der Waals surface area contributed by atoms with Gasteiger partial charge in [0.25, 0.3) is 5.91 Å². The van der Waals surface area contributed by atoms with Crippen molar-refractivity contribution >= 4 is 34.3 Å². The van der Waals surface area contributed by atoms with Crippen molar-refractivity contribution in [3.05, 3.63) is 30.0 Å². The number of nitrogens with zero attached hydrogens (tertiary/aromatic N) is 1. The van der Waals surface area contributed by atoms with E-state index in [1.807, 2.05) is 18.2 Å². The Labute approximate surface area is 215 Å². The Kier molecular flexibility index (Phi) is 7.33. The lowest BCUT2D eigenvalue weighted by Gasteiger charge is -2.30. The smallest absolute Gasteiger partial charge is 0.271 e. The van der Waals surface area contributed by atoms with E-state index in [0.29, 0.717) is 30.8 Å². The molecule has 3 aliphatic rings. The first kappa shape index (κ1) is 25.4. The second-order valence-corrected chi connectivity index (χ2v) is 10.7. The largest absolute Gasteiger partial charge is 0.496 e. The summed E-state index contributed by atoms with van der Waals surface area (Å²) in [6.07, 6.45) is 5.92. The van der Waals surface area contributed by atoms with Gasteiger partial charge in [-0.2, -0.15) is 0 Å². The first-order valence-electron chi connectivity index (χ1n) is 13.3. The molecule has 2 aromatic rings. The summed E-state index contributed by atoms with van der Waals surface area (Å²) >= 11 is 0. The fourth-order valence-electron chi connectivity index (χ4n) is 6.65. The van der Waals surface area contributed by atoms with E-state index >= 15 is 0 Å². The summed E-state index contributed by atoms with van der Waals surface area (Å²) in [5.41, 5.74) is 1.15. The van der Waals surface area contributed by atoms with Gasteiger partial charge in [0.15, 0.2) is 5.78 Å². The molecule has 2 saturated carbocycles. The molecule has 0 bridgehead atoms. The van der Waals surface area contributed by atoms with Crippen molar-refractivity contribution in [1.82, 2.24) is 15.2 Å². The number of ketones is 2. The summed E-state index contributed by atoms with van der Waals surface area (Å²) in [4.78, 5) is 57.2. The number of H-pyrrole nitrogens is 1. The highest BCUT2D eigenvalue weighted by Gasteiger charge is 2.50. The highest BCUT2D eigenvalue weighted by atomic mass is 16.5. The van der Waals surface area contributed by atoms with Crippen LogP contribution in [0.5, 0.6) is 5.75 Å². The van der Waals surface area contributed by atoms with Gasteiger partial charge in [-0.25, -0.2) is 0 Å². The molecule has 0 unspecified atom stereocenters. The maximum atomic E-state index is 13.7. The molecule has 198 valence electrons. The number of aromatic amines is 1. The van der Waals surface area contributed by atoms with E-state index in [1.165, 1.54) is 0 Å². The van der Waals surface area contributed by atoms with Gasteiger partial charge in [0.05, 0.1) is 13.2 Å². The Bertz CT molecular complexity index is 1210. The fourth-order valence-corrected chi connectivity index (χ4v) is 6.65. The summed E-state index contributed by atoms with van der Waals surface area (Å²) in [6, 6.07) is 5.65. The first-order valence-corrected chi connectivity index (χ1v) is 13.3. The van der Waals surface area contributed by atoms with Crippen molar-refractivity contribution in [2.24, 2.45) is 17.8 Å². The van der Waals surface area contributed by atoms with Crippen LogP contribution >= 0.6 is 0 Å². The van der Waals surface area contributed by atoms with Crippen LogP contribution in [0.15, 0.2) is 24.3 Å². The number of fused-ring (bicyclic) bond motifs is 2. The number of amides is 2. The molecular weight excluding hydrogens is 474 g/mol. The lowest BCUT2D eigenvalue weighted by molar-refractivity contribution is -0.133. The second-order valence-electron chi connectivity index (χ2n) is 10.7. The monoisotopic (exact) mass is 509 g/mol. The molecule has 1 aromatic carbocycles. The first-order chi connectivity index (χ1) is 17.9. The van der Waals surface area contributed by atoms with Crippen LogP contribution in [-0.4, -0.2) is 70.7 Å². The van der Waals surface area contributed by atoms with Gasteiger partial charge < -0.3 is 25.0 Å². The van der Waals surface area contributed by atoms with Gasteiger partial charge in [-0.3, -0.25) is 19.2 Å². The maximum absolute atomic E-state index is 13.7. The molecule has 3 N–H and O–H groups in total. The van der Waals surface area contributed by atoms with Gasteiger partial charge in [-0.15, -0.1) is 0 Å². The summed E-state index contributed by atoms with van der Waals surface area (Å²) in [5.74, 6) is -0.437. The molecule has 5 rings (SSSR count). The van der Waals surface area contributed by atoms with Crippen LogP contribution in [0, 0.1) is 17.8 Å². The van der Waals surface area contributed by atoms with Gasteiger partial charge in [-0.1, -0.05) is 18.9 Å². The Morgan fingerprint density at radius 1 is 1.19 bits per heavy atom. The van der Waals surface area contributed by atoms with Crippen molar-refractivity contribution in [2.45, 2.75) is 63.5 Å². The Morgan fingerprint density at radius 2 is 2.03 bits per heavy atom. The van der Waals surface area contributed by atoms with Crippen LogP contribution < -0.4 is 10.1 Å². The van der Waals surface area contributed by atoms with Crippen LogP contribution in [-0.2, 0) is 14.4 Å². The molecule has 1 aromatic heterocycles. The number of aromatic nitrogens is 1. The Balaban J connectivity index is 1.38. The number of nitrogens with one attached hydrogen (secondary N) is 2. The zero-order valence-corrected chi connectivity index (χ0v) is 21.2. The van der Waals surface area contributed by atoms with Crippen molar-refractivity contribution < 1.29 is 29.0 Å². The van der Waals surface area contributed by atoms with Gasteiger partial charge in [0.2, 0.25) is 5.91 Å². The molecule has 0 radical (unpaired) electrons. The third kappa shape index (κ3) is 4.89. The third-order valence-corrected chi connectivity index (χ3v) is 8.56. The zero-order valence-electron chi connectivity index (χ0n) is 21.2. The number of hydrogen-bond acceptors (Lipinski definition) is 6. The predicted molar refractivity (Wildman–Crippen MR) is 136 cm³/mol. The number of ether oxygens (including phenoxy) is 1. The number of benzene rings is 1. The predicted octanol–water partition coefficient (Wildman–Crippen LogP) is 2.61. The standard InChI is InChI=1S/C28H35N3O6/c1-37-25-11-5-9-20-19(25)13-22(29-20)28(36)31-14-17-7-4-8-18(17)26(31)27(35)30-21(24(34)15-32)12-16-6-2-3-10-23(16)33/h5,9,11,13,16-18,21,26,29,32H,2-4,6-8,10,12,14-15H2,1H3,(H,30,35)/t16-,17-,18-,21-,26-/m0/s1. The lowest BCUT2D eigenvalue weighted by Crippen LogP contribution is -2.53. The quantitative estimate of drug-likeness (QED) is 0.502. The van der Waals surface area contributed by atoms with Crippen LogP contribution in [0.2, 0.25) is 0 Å². The minimum Gasteiger partial charge on any atom is -0.496 e. The van der Waals surface area contributed by atoms with E-state index in [1.54, 1.807) is 18.1 Å². The molecule has 5 atom stereocenters. The van der Waals surface area contributed by atoms with E-state index in [2.05, 4.69) is 10.3 Å². The van der Waals surface area contributed by atoms with Crippen LogP contribution in [0.1, 0.15) is 61.9 Å². The molecule has 2 aliphatic carbocycles. The number of carbonyl (C=O) groups is 4. The van der Waals surface area contributed by atoms with E-state index in [9.17, 15) is 24.3 Å². The van der Waals surface area contributed by atoms with Crippen molar-refractivity contribution in [1.29, 1.82) is 0 Å². The summed E-state index contributed by atoms with van der Waals surface area (Å²) in [6.45, 7) is -0.226. The molecule has 9 nitrogen and oxygen atoms in total. The SMILES string of the molecule is COc1cccc2[nH]c(C(=O)N3C[C@@H]4CCC[C@@H]4[C@H]3C(=O)N[C@@H](C[C@@H]3CCCCC3=O)C(=O)CO)cc12. The number of aliphatic hydroxyl groups excluding tert-OH is 1. The molecule has 3 fully saturated rings. The van der Waals surface area contributed by atoms with E-state index < -0.39 is 24.5 Å². The van der Waals surface area contributed by atoms with Crippen LogP contribution in [0.25, 0.3) is 10.9 Å². The number of likely N-dealkylation sites (tertiary alicyclic amines) is 1. The van der Waals surface area contributed by atoms with Gasteiger partial charge in [0.1, 0.15) is 29.9 Å². The number of methoxy groups -OCH3 is 1. The molecule has 2 amide bonds. The molecule has 2 heterocycles. The molecule has 9 heteroatoms. The highest BCUT2D eigenvalue weighted by Crippen LogP contribution is 2.43. The Hall–Kier alpha value is -3.20. The van der Waals surface area contributed by atoms with Crippen molar-refractivity contribution in [3.63, 3.8) is 0 Å². The van der Waals surface area contributed by atoms with Crippen LogP contribution in [0.4, 0.5) is 0 Å². The molecular formula is C28H35N3O6. The molecule has 1 aliphatic heterocycles. The molecule has 0 spiro atoms. The zero-order chi connectivity index (χ0) is 26.1. The second kappa shape index (κ2) is 10.7. The van der Waals surface area contributed by atoms with Crippen molar-refractivity contribution in [3.8, 4) is 5.75 Å². The normalized spacial score (nSPS) is 26.2. The summed E-state index contributed by atoms with van der Waals surface area (Å²) < 4.78 is 5.43. The summed E-state index contributed by atoms with van der Waals surface area (Å²) in [7, 11) is 1.58. The van der Waals surface area contributed by atoms with Crippen LogP contribution in [0.3, 0.4) is 0 Å². The minimum atomic E-state index is -0.945. The average Bonchev–Trinajstić information content (AvgIpc) is 3.62. The molecule has 37 heavy (non-hydrogen) atoms. The fraction of sp³-hybridized carbons (Fsp3) is 0.571. The lowest BCUT2D eigenvalue weighted by atomic mass is 9.82. The van der Waals surface area contributed by atoms with Gasteiger partial charge >= 0.3 is 0 Å². The highest BCUT2D eigenvalue weighted by molar-refractivity contribution is 6.02.